The van der Waals surface area contributed by atoms with Crippen LogP contribution in [0.4, 0.5) is 0 Å². The molecule has 0 amide bonds. The summed E-state index contributed by atoms with van der Waals surface area (Å²) in [6, 6.07) is 0. The minimum atomic E-state index is -0.570. The molecule has 0 radical (unpaired) electrons. The van der Waals surface area contributed by atoms with Gasteiger partial charge in [0.1, 0.15) is 5.41 Å². The number of methoxy groups -OCH3 is 1. The first-order valence-electron chi connectivity index (χ1n) is 4.80. The molecule has 14 heavy (non-hydrogen) atoms. The van der Waals surface area contributed by atoms with Crippen molar-refractivity contribution < 1.29 is 9.53 Å². The lowest BCUT2D eigenvalue weighted by molar-refractivity contribution is -0.147. The van der Waals surface area contributed by atoms with E-state index in [1.54, 1.807) is 0 Å². The van der Waals surface area contributed by atoms with Crippen molar-refractivity contribution in [2.45, 2.75) is 19.8 Å². The van der Waals surface area contributed by atoms with E-state index in [0.717, 1.165) is 6.42 Å². The van der Waals surface area contributed by atoms with Gasteiger partial charge in [0.25, 0.3) is 0 Å². The van der Waals surface area contributed by atoms with Crippen molar-refractivity contribution >= 4 is 5.97 Å². The molecule has 0 bridgehead atoms. The van der Waals surface area contributed by atoms with Crippen LogP contribution < -0.4 is 0 Å². The van der Waals surface area contributed by atoms with E-state index in [0.29, 0.717) is 6.42 Å². The molecule has 1 aliphatic carbocycles. The van der Waals surface area contributed by atoms with E-state index < -0.39 is 5.41 Å². The molecule has 0 aromatic rings. The van der Waals surface area contributed by atoms with E-state index >= 15 is 0 Å². The molecule has 2 nitrogen and oxygen atoms in total. The molecule has 0 heterocycles. The van der Waals surface area contributed by atoms with Gasteiger partial charge in [0.2, 0.25) is 0 Å². The number of allylic oxidation sites excluding steroid dienone is 4. The molecule has 2 heteroatoms. The van der Waals surface area contributed by atoms with Gasteiger partial charge in [-0.05, 0) is 19.8 Å². The molecule has 0 atom stereocenters. The summed E-state index contributed by atoms with van der Waals surface area (Å²) in [7, 11) is 1.43. The number of hydrogen-bond donors (Lipinski definition) is 0. The van der Waals surface area contributed by atoms with Gasteiger partial charge in [0.05, 0.1) is 7.11 Å². The maximum Gasteiger partial charge on any atom is 0.319 e. The van der Waals surface area contributed by atoms with Gasteiger partial charge in [-0.2, -0.15) is 0 Å². The summed E-state index contributed by atoms with van der Waals surface area (Å²) in [5.41, 5.74) is -0.570. The van der Waals surface area contributed by atoms with Gasteiger partial charge in [-0.3, -0.25) is 4.79 Å². The molecule has 0 unspecified atom stereocenters. The van der Waals surface area contributed by atoms with Crippen LogP contribution >= 0.6 is 0 Å². The fourth-order valence-corrected chi connectivity index (χ4v) is 1.55. The molecule has 1 rings (SSSR count). The molecule has 0 saturated carbocycles. The van der Waals surface area contributed by atoms with Crippen molar-refractivity contribution in [3.05, 3.63) is 36.5 Å². The maximum absolute atomic E-state index is 11.6. The maximum atomic E-state index is 11.6. The number of carbonyl (C=O) groups is 1. The van der Waals surface area contributed by atoms with Gasteiger partial charge < -0.3 is 4.74 Å². The molecule has 0 aromatic heterocycles. The van der Waals surface area contributed by atoms with Gasteiger partial charge >= 0.3 is 5.97 Å². The Bertz CT molecular complexity index is 273. The first kappa shape index (κ1) is 10.8. The van der Waals surface area contributed by atoms with Gasteiger partial charge in [-0.25, -0.2) is 0 Å². The Balaban J connectivity index is 2.88. The summed E-state index contributed by atoms with van der Waals surface area (Å²) in [5, 5.41) is 0. The Morgan fingerprint density at radius 3 is 2.64 bits per heavy atom. The summed E-state index contributed by atoms with van der Waals surface area (Å²) < 4.78 is 4.81. The molecule has 0 saturated heterocycles. The minimum absolute atomic E-state index is 0.192. The van der Waals surface area contributed by atoms with E-state index in [4.69, 9.17) is 4.74 Å². The zero-order valence-electron chi connectivity index (χ0n) is 8.69. The Kier molecular flexibility index (Phi) is 3.69. The highest BCUT2D eigenvalue weighted by Crippen LogP contribution is 2.31. The second-order valence-corrected chi connectivity index (χ2v) is 3.35. The second kappa shape index (κ2) is 4.80. The van der Waals surface area contributed by atoms with Crippen LogP contribution in [-0.2, 0) is 9.53 Å². The van der Waals surface area contributed by atoms with E-state index in [-0.39, 0.29) is 5.97 Å². The number of rotatable bonds is 3. The van der Waals surface area contributed by atoms with E-state index in [2.05, 4.69) is 0 Å². The smallest absolute Gasteiger partial charge is 0.319 e. The first-order chi connectivity index (χ1) is 6.75. The summed E-state index contributed by atoms with van der Waals surface area (Å²) in [6.45, 7) is 1.95. The minimum Gasteiger partial charge on any atom is -0.468 e. The molecule has 0 N–H and O–H groups in total. The second-order valence-electron chi connectivity index (χ2n) is 3.35. The normalized spacial score (nSPS) is 18.7. The summed E-state index contributed by atoms with van der Waals surface area (Å²) in [6.07, 6.45) is 13.4. The third-order valence-corrected chi connectivity index (χ3v) is 2.36. The Morgan fingerprint density at radius 1 is 1.50 bits per heavy atom. The molecule has 0 spiro atoms. The Morgan fingerprint density at radius 2 is 2.14 bits per heavy atom. The zero-order chi connectivity index (χ0) is 10.4. The molecular weight excluding hydrogens is 176 g/mol. The van der Waals surface area contributed by atoms with E-state index in [1.807, 2.05) is 43.4 Å². The summed E-state index contributed by atoms with van der Waals surface area (Å²) in [5.74, 6) is -0.192. The standard InChI is InChI=1S/C12H16O2/c1-3-4-8-12(11(13)14-2)9-6-5-7-10-12/h3-4,6-7,9-10H,5,8H2,1-2H3/b4-3+. The van der Waals surface area contributed by atoms with Crippen molar-refractivity contribution in [1.82, 2.24) is 0 Å². The lowest BCUT2D eigenvalue weighted by atomic mass is 9.81. The average Bonchev–Trinajstić information content (AvgIpc) is 2.26. The van der Waals surface area contributed by atoms with Crippen LogP contribution in [0.25, 0.3) is 0 Å². The Labute approximate surface area is 85.0 Å². The monoisotopic (exact) mass is 192 g/mol. The van der Waals surface area contributed by atoms with Crippen molar-refractivity contribution in [3.63, 3.8) is 0 Å². The van der Waals surface area contributed by atoms with Crippen LogP contribution in [0, 0.1) is 5.41 Å². The van der Waals surface area contributed by atoms with Crippen LogP contribution in [0.5, 0.6) is 0 Å². The highest BCUT2D eigenvalue weighted by molar-refractivity contribution is 5.82. The van der Waals surface area contributed by atoms with Crippen molar-refractivity contribution in [1.29, 1.82) is 0 Å². The van der Waals surface area contributed by atoms with Crippen LogP contribution in [0.1, 0.15) is 19.8 Å². The third-order valence-electron chi connectivity index (χ3n) is 2.36. The molecule has 0 aromatic carbocycles. The molecule has 76 valence electrons. The van der Waals surface area contributed by atoms with Gasteiger partial charge in [-0.15, -0.1) is 0 Å². The quantitative estimate of drug-likeness (QED) is 0.507. The summed E-state index contributed by atoms with van der Waals surface area (Å²) in [4.78, 5) is 11.6. The van der Waals surface area contributed by atoms with Crippen LogP contribution in [0.15, 0.2) is 36.5 Å². The van der Waals surface area contributed by atoms with Crippen molar-refractivity contribution in [3.8, 4) is 0 Å². The highest BCUT2D eigenvalue weighted by Gasteiger charge is 2.33. The van der Waals surface area contributed by atoms with Gasteiger partial charge in [-0.1, -0.05) is 36.5 Å². The molecular formula is C12H16O2. The zero-order valence-corrected chi connectivity index (χ0v) is 8.69. The fraction of sp³-hybridized carbons (Fsp3) is 0.417. The summed E-state index contributed by atoms with van der Waals surface area (Å²) >= 11 is 0. The number of hydrogen-bond acceptors (Lipinski definition) is 2. The molecule has 0 fully saturated rings. The van der Waals surface area contributed by atoms with Crippen molar-refractivity contribution in [2.75, 3.05) is 7.11 Å². The largest absolute Gasteiger partial charge is 0.468 e. The van der Waals surface area contributed by atoms with E-state index in [1.165, 1.54) is 7.11 Å². The molecule has 1 aliphatic rings. The predicted molar refractivity (Wildman–Crippen MR) is 56.8 cm³/mol. The topological polar surface area (TPSA) is 26.3 Å². The van der Waals surface area contributed by atoms with Crippen LogP contribution in [0.3, 0.4) is 0 Å². The lowest BCUT2D eigenvalue weighted by Gasteiger charge is -2.24. The van der Waals surface area contributed by atoms with E-state index in [9.17, 15) is 4.79 Å². The van der Waals surface area contributed by atoms with Gasteiger partial charge in [0.15, 0.2) is 0 Å². The van der Waals surface area contributed by atoms with Gasteiger partial charge in [0, 0.05) is 0 Å². The van der Waals surface area contributed by atoms with Crippen molar-refractivity contribution in [2.24, 2.45) is 5.41 Å². The van der Waals surface area contributed by atoms with Crippen LogP contribution in [-0.4, -0.2) is 13.1 Å². The highest BCUT2D eigenvalue weighted by atomic mass is 16.5. The predicted octanol–water partition coefficient (Wildman–Crippen LogP) is 2.63. The lowest BCUT2D eigenvalue weighted by Crippen LogP contribution is -2.28. The number of ether oxygens (including phenoxy) is 1. The first-order valence-corrected chi connectivity index (χ1v) is 4.80. The molecule has 0 aliphatic heterocycles. The fourth-order valence-electron chi connectivity index (χ4n) is 1.55. The van der Waals surface area contributed by atoms with Crippen LogP contribution in [0.2, 0.25) is 0 Å². The SMILES string of the molecule is C/C=C/CC1(C(=O)OC)C=CCC=C1. The number of carbonyl (C=O) groups excluding carboxylic acids is 1. The third kappa shape index (κ3) is 2.13. The number of esters is 1. The average molecular weight is 192 g/mol. The Hall–Kier alpha value is -1.31.